The molecule has 3 rings (SSSR count). The van der Waals surface area contributed by atoms with E-state index in [1.165, 1.54) is 0 Å². The first-order valence-corrected chi connectivity index (χ1v) is 7.50. The summed E-state index contributed by atoms with van der Waals surface area (Å²) >= 11 is 0. The Kier molecular flexibility index (Phi) is 4.10. The van der Waals surface area contributed by atoms with Gasteiger partial charge in [-0.25, -0.2) is 0 Å². The molecule has 0 unspecified atom stereocenters. The van der Waals surface area contributed by atoms with E-state index in [4.69, 9.17) is 5.11 Å². The summed E-state index contributed by atoms with van der Waals surface area (Å²) < 4.78 is 1.61. The number of carbonyl (C=O) groups excluding carboxylic acids is 1. The lowest BCUT2D eigenvalue weighted by Crippen LogP contribution is -2.32. The van der Waals surface area contributed by atoms with E-state index in [1.54, 1.807) is 47.1 Å². The number of carboxylic acid groups (broad SMARTS) is 1. The summed E-state index contributed by atoms with van der Waals surface area (Å²) in [5.74, 6) is -1.00. The van der Waals surface area contributed by atoms with Crippen LogP contribution in [0.5, 0.6) is 0 Å². The number of aromatic nitrogens is 3. The number of nitrogens with zero attached hydrogens (tertiary/aromatic N) is 4. The van der Waals surface area contributed by atoms with Crippen LogP contribution in [-0.2, 0) is 24.8 Å². The van der Waals surface area contributed by atoms with Crippen LogP contribution in [0, 0.1) is 0 Å². The van der Waals surface area contributed by atoms with Gasteiger partial charge in [0.1, 0.15) is 5.69 Å². The van der Waals surface area contributed by atoms with Crippen LogP contribution in [0.3, 0.4) is 0 Å². The van der Waals surface area contributed by atoms with Gasteiger partial charge in [-0.3, -0.25) is 14.3 Å². The predicted octanol–water partition coefficient (Wildman–Crippen LogP) is 1.25. The molecule has 1 heterocycles. The Hall–Kier alpha value is -2.70. The Bertz CT molecular complexity index is 736. The van der Waals surface area contributed by atoms with Gasteiger partial charge in [0.05, 0.1) is 13.0 Å². The second-order valence-corrected chi connectivity index (χ2v) is 5.82. The molecule has 0 aliphatic heterocycles. The van der Waals surface area contributed by atoms with Gasteiger partial charge in [-0.2, -0.15) is 0 Å². The van der Waals surface area contributed by atoms with Crippen LogP contribution in [0.1, 0.15) is 34.5 Å². The molecule has 2 aromatic rings. The molecule has 0 saturated heterocycles. The van der Waals surface area contributed by atoms with Crippen molar-refractivity contribution in [3.63, 3.8) is 0 Å². The monoisotopic (exact) mass is 314 g/mol. The van der Waals surface area contributed by atoms with E-state index in [0.717, 1.165) is 18.5 Å². The third kappa shape index (κ3) is 3.74. The van der Waals surface area contributed by atoms with Crippen LogP contribution in [-0.4, -0.2) is 42.9 Å². The smallest absolute Gasteiger partial charge is 0.307 e. The zero-order valence-electron chi connectivity index (χ0n) is 12.8. The maximum absolute atomic E-state index is 12.8. The lowest BCUT2D eigenvalue weighted by atomic mass is 10.1. The number of carbonyl (C=O) groups is 2. The molecule has 7 nitrogen and oxygen atoms in total. The van der Waals surface area contributed by atoms with Gasteiger partial charge in [0.2, 0.25) is 0 Å². The largest absolute Gasteiger partial charge is 0.481 e. The molecule has 1 aliphatic rings. The third-order valence-electron chi connectivity index (χ3n) is 3.76. The van der Waals surface area contributed by atoms with Gasteiger partial charge in [0.25, 0.3) is 5.91 Å². The summed E-state index contributed by atoms with van der Waals surface area (Å²) in [6, 6.07) is 7.04. The fourth-order valence-electron chi connectivity index (χ4n) is 2.55. The molecule has 120 valence electrons. The van der Waals surface area contributed by atoms with E-state index in [-0.39, 0.29) is 18.4 Å². The van der Waals surface area contributed by atoms with Crippen molar-refractivity contribution in [2.24, 2.45) is 7.05 Å². The first-order chi connectivity index (χ1) is 11.0. The van der Waals surface area contributed by atoms with Gasteiger partial charge in [-0.15, -0.1) is 5.10 Å². The Labute approximate surface area is 133 Å². The summed E-state index contributed by atoms with van der Waals surface area (Å²) in [6.45, 7) is 0.417. The molecule has 1 amide bonds. The van der Waals surface area contributed by atoms with Crippen molar-refractivity contribution in [3.05, 3.63) is 47.3 Å². The van der Waals surface area contributed by atoms with Gasteiger partial charge in [0, 0.05) is 24.8 Å². The maximum atomic E-state index is 12.8. The molecule has 1 aromatic carbocycles. The van der Waals surface area contributed by atoms with Crippen LogP contribution in [0.4, 0.5) is 0 Å². The van der Waals surface area contributed by atoms with E-state index in [2.05, 4.69) is 10.3 Å². The summed E-state index contributed by atoms with van der Waals surface area (Å²) in [5.41, 5.74) is 1.88. The highest BCUT2D eigenvalue weighted by molar-refractivity contribution is 5.95. The molecule has 0 bridgehead atoms. The van der Waals surface area contributed by atoms with Crippen molar-refractivity contribution >= 4 is 11.9 Å². The number of aliphatic carboxylic acids is 1. The van der Waals surface area contributed by atoms with Crippen molar-refractivity contribution in [3.8, 4) is 0 Å². The first-order valence-electron chi connectivity index (χ1n) is 7.50. The minimum absolute atomic E-state index is 0.0886. The maximum Gasteiger partial charge on any atom is 0.307 e. The van der Waals surface area contributed by atoms with E-state index in [9.17, 15) is 9.59 Å². The number of rotatable bonds is 6. The van der Waals surface area contributed by atoms with Crippen molar-refractivity contribution in [1.82, 2.24) is 19.9 Å². The van der Waals surface area contributed by atoms with E-state index < -0.39 is 5.97 Å². The fraction of sp³-hybridized carbons (Fsp3) is 0.375. The van der Waals surface area contributed by atoms with Gasteiger partial charge >= 0.3 is 5.97 Å². The third-order valence-corrected chi connectivity index (χ3v) is 3.76. The molecule has 1 N–H and O–H groups in total. The van der Waals surface area contributed by atoms with Gasteiger partial charge in [-0.1, -0.05) is 17.3 Å². The summed E-state index contributed by atoms with van der Waals surface area (Å²) in [5, 5.41) is 16.8. The van der Waals surface area contributed by atoms with Gasteiger partial charge in [0.15, 0.2) is 0 Å². The van der Waals surface area contributed by atoms with Crippen LogP contribution >= 0.6 is 0 Å². The lowest BCUT2D eigenvalue weighted by Gasteiger charge is -2.21. The van der Waals surface area contributed by atoms with Crippen molar-refractivity contribution in [1.29, 1.82) is 0 Å². The van der Waals surface area contributed by atoms with Crippen molar-refractivity contribution in [2.75, 3.05) is 0 Å². The Morgan fingerprint density at radius 3 is 2.78 bits per heavy atom. The summed E-state index contributed by atoms with van der Waals surface area (Å²) in [6.07, 6.45) is 3.68. The molecule has 23 heavy (non-hydrogen) atoms. The Morgan fingerprint density at radius 1 is 1.39 bits per heavy atom. The number of carboxylic acids is 1. The SMILES string of the molecule is Cn1cc(CN(C(=O)c2cccc(CC(=O)O)c2)C2CC2)nn1. The standard InChI is InChI=1S/C16H18N4O3/c1-19-9-13(17-18-19)10-20(14-5-6-14)16(23)12-4-2-3-11(7-12)8-15(21)22/h2-4,7,9,14H,5-6,8,10H2,1H3,(H,21,22). The normalized spacial score (nSPS) is 13.8. The van der Waals surface area contributed by atoms with Crippen molar-refractivity contribution < 1.29 is 14.7 Å². The molecule has 0 atom stereocenters. The summed E-state index contributed by atoms with van der Waals surface area (Å²) in [7, 11) is 1.79. The average Bonchev–Trinajstić information content (AvgIpc) is 3.26. The average molecular weight is 314 g/mol. The number of hydrogen-bond acceptors (Lipinski definition) is 4. The number of hydrogen-bond donors (Lipinski definition) is 1. The van der Waals surface area contributed by atoms with Crippen LogP contribution in [0.15, 0.2) is 30.5 Å². The van der Waals surface area contributed by atoms with E-state index >= 15 is 0 Å². The molecule has 0 spiro atoms. The molecule has 7 heteroatoms. The zero-order valence-corrected chi connectivity index (χ0v) is 12.8. The highest BCUT2D eigenvalue weighted by atomic mass is 16.4. The van der Waals surface area contributed by atoms with Crippen molar-refractivity contribution in [2.45, 2.75) is 31.8 Å². The lowest BCUT2D eigenvalue weighted by molar-refractivity contribution is -0.136. The highest BCUT2D eigenvalue weighted by Gasteiger charge is 2.33. The molecule has 1 aliphatic carbocycles. The molecule has 1 aromatic heterocycles. The molecule has 1 fully saturated rings. The Balaban J connectivity index is 1.79. The van der Waals surface area contributed by atoms with Crippen LogP contribution in [0.25, 0.3) is 0 Å². The van der Waals surface area contributed by atoms with Crippen LogP contribution < -0.4 is 0 Å². The zero-order chi connectivity index (χ0) is 16.4. The fourth-order valence-corrected chi connectivity index (χ4v) is 2.55. The highest BCUT2D eigenvalue weighted by Crippen LogP contribution is 2.29. The topological polar surface area (TPSA) is 88.3 Å². The van der Waals surface area contributed by atoms with E-state index in [1.807, 2.05) is 0 Å². The minimum Gasteiger partial charge on any atom is -0.481 e. The number of amides is 1. The second-order valence-electron chi connectivity index (χ2n) is 5.82. The molecule has 0 radical (unpaired) electrons. The molecular weight excluding hydrogens is 296 g/mol. The quantitative estimate of drug-likeness (QED) is 0.867. The second kappa shape index (κ2) is 6.20. The number of aryl methyl sites for hydroxylation is 1. The molecule has 1 saturated carbocycles. The first kappa shape index (κ1) is 15.2. The van der Waals surface area contributed by atoms with Gasteiger partial charge < -0.3 is 10.0 Å². The number of benzene rings is 1. The van der Waals surface area contributed by atoms with Gasteiger partial charge in [-0.05, 0) is 30.5 Å². The minimum atomic E-state index is -0.909. The summed E-state index contributed by atoms with van der Waals surface area (Å²) in [4.78, 5) is 25.4. The molecular formula is C16H18N4O3. The Morgan fingerprint density at radius 2 is 2.17 bits per heavy atom. The predicted molar refractivity (Wildman–Crippen MR) is 81.7 cm³/mol. The van der Waals surface area contributed by atoms with Crippen LogP contribution in [0.2, 0.25) is 0 Å². The van der Waals surface area contributed by atoms with E-state index in [0.29, 0.717) is 17.7 Å².